The van der Waals surface area contributed by atoms with Gasteiger partial charge in [0.25, 0.3) is 0 Å². The van der Waals surface area contributed by atoms with Crippen molar-refractivity contribution in [2.75, 3.05) is 27.4 Å². The van der Waals surface area contributed by atoms with E-state index in [9.17, 15) is 14.7 Å². The molecule has 14 heteroatoms. The highest BCUT2D eigenvalue weighted by Crippen LogP contribution is 2.36. The van der Waals surface area contributed by atoms with Crippen LogP contribution >= 0.6 is 27.5 Å². The van der Waals surface area contributed by atoms with Crippen LogP contribution in [0.5, 0.6) is 23.0 Å². The molecule has 0 saturated carbocycles. The van der Waals surface area contributed by atoms with E-state index in [-0.39, 0.29) is 18.8 Å². The van der Waals surface area contributed by atoms with Crippen molar-refractivity contribution in [3.05, 3.63) is 92.1 Å². The lowest BCUT2D eigenvalue weighted by Crippen LogP contribution is -2.45. The van der Waals surface area contributed by atoms with E-state index in [0.29, 0.717) is 51.5 Å². The Labute approximate surface area is 279 Å². The summed E-state index contributed by atoms with van der Waals surface area (Å²) in [6, 6.07) is 14.6. The molecule has 4 N–H and O–H groups in total. The molecular weight excluding hydrogens is 684 g/mol. The maximum Gasteiger partial charge on any atom is 0.337 e. The second kappa shape index (κ2) is 16.2. The predicted octanol–water partition coefficient (Wildman–Crippen LogP) is 5.21. The molecule has 2 amide bonds. The van der Waals surface area contributed by atoms with Crippen molar-refractivity contribution < 1.29 is 38.4 Å². The number of aliphatic hydroxyl groups excluding tert-OH is 1. The molecule has 0 aliphatic carbocycles. The number of hydrogen-bond donors (Lipinski definition) is 4. The lowest BCUT2D eigenvalue weighted by molar-refractivity contribution is -0.136. The number of hydrogen-bond acceptors (Lipinski definition) is 10. The molecule has 1 aliphatic heterocycles. The number of rotatable bonds is 14. The second-order valence-corrected chi connectivity index (χ2v) is 11.2. The molecule has 4 rings (SSSR count). The molecule has 0 unspecified atom stereocenters. The molecule has 0 aromatic heterocycles. The largest absolute Gasteiger partial charge is 0.493 e. The molecule has 3 aromatic rings. The zero-order valence-electron chi connectivity index (χ0n) is 25.6. The van der Waals surface area contributed by atoms with Crippen molar-refractivity contribution in [1.82, 2.24) is 16.1 Å². The summed E-state index contributed by atoms with van der Waals surface area (Å²) in [5, 5.41) is 20.7. The number of esters is 1. The smallest absolute Gasteiger partial charge is 0.337 e. The first-order valence-electron chi connectivity index (χ1n) is 14.1. The number of ether oxygens (including phenoxy) is 5. The molecule has 1 heterocycles. The number of carbonyl (C=O) groups excluding carboxylic acids is 2. The molecule has 0 saturated heterocycles. The number of urea groups is 1. The Balaban J connectivity index is 1.44. The number of methoxy groups -OCH3 is 2. The Kier molecular flexibility index (Phi) is 12.1. The minimum atomic E-state index is -1.20. The molecule has 1 aliphatic rings. The predicted molar refractivity (Wildman–Crippen MR) is 175 cm³/mol. The average molecular weight is 718 g/mol. The van der Waals surface area contributed by atoms with Crippen LogP contribution < -0.4 is 35.0 Å². The van der Waals surface area contributed by atoms with Gasteiger partial charge in [-0.15, -0.1) is 0 Å². The Hall–Kier alpha value is -4.46. The normalized spacial score (nSPS) is 15.1. The van der Waals surface area contributed by atoms with Crippen LogP contribution in [0.2, 0.25) is 5.02 Å². The van der Waals surface area contributed by atoms with E-state index < -0.39 is 24.3 Å². The highest BCUT2D eigenvalue weighted by atomic mass is 79.9. The third-order valence-electron chi connectivity index (χ3n) is 6.66. The van der Waals surface area contributed by atoms with Crippen LogP contribution in [0, 0.1) is 0 Å². The van der Waals surface area contributed by atoms with Crippen LogP contribution in [-0.4, -0.2) is 57.0 Å². The number of amides is 2. The van der Waals surface area contributed by atoms with Crippen LogP contribution in [0.1, 0.15) is 36.6 Å². The van der Waals surface area contributed by atoms with Crippen molar-refractivity contribution in [1.29, 1.82) is 0 Å². The van der Waals surface area contributed by atoms with Gasteiger partial charge in [0.05, 0.1) is 38.7 Å². The Morgan fingerprint density at radius 2 is 1.85 bits per heavy atom. The van der Waals surface area contributed by atoms with Gasteiger partial charge in [0, 0.05) is 20.8 Å². The first-order chi connectivity index (χ1) is 22.1. The zero-order valence-corrected chi connectivity index (χ0v) is 27.9. The fraction of sp³-hybridized carbons (Fsp3) is 0.281. The van der Waals surface area contributed by atoms with Gasteiger partial charge in [-0.2, -0.15) is 5.10 Å². The minimum absolute atomic E-state index is 0.186. The van der Waals surface area contributed by atoms with Gasteiger partial charge < -0.3 is 39.4 Å². The van der Waals surface area contributed by atoms with Crippen LogP contribution in [0.4, 0.5) is 4.79 Å². The first-order valence-corrected chi connectivity index (χ1v) is 15.3. The van der Waals surface area contributed by atoms with E-state index in [2.05, 4.69) is 37.1 Å². The summed E-state index contributed by atoms with van der Waals surface area (Å²) in [6.07, 6.45) is 0.300. The molecule has 0 fully saturated rings. The lowest BCUT2D eigenvalue weighted by atomic mass is 9.95. The maximum atomic E-state index is 12.5. The van der Waals surface area contributed by atoms with Gasteiger partial charge >= 0.3 is 12.0 Å². The van der Waals surface area contributed by atoms with Crippen molar-refractivity contribution in [2.45, 2.75) is 32.7 Å². The van der Waals surface area contributed by atoms with Gasteiger partial charge in [0.15, 0.2) is 29.2 Å². The lowest BCUT2D eigenvalue weighted by Gasteiger charge is -2.28. The van der Waals surface area contributed by atoms with Gasteiger partial charge in [-0.3, -0.25) is 5.43 Å². The SMILES string of the molecule is CCOc1cc([C@H]2NC(=O)NC(C)=C2C(=O)OC)ccc1OC[C@H](O)N/N=C/c1cc(Br)cc(OC)c1OCc1ccc(Cl)cc1. The maximum absolute atomic E-state index is 12.5. The Morgan fingerprint density at radius 1 is 1.09 bits per heavy atom. The second-order valence-electron chi connectivity index (χ2n) is 9.86. The number of allylic oxidation sites excluding steroid dienone is 1. The molecule has 12 nitrogen and oxygen atoms in total. The van der Waals surface area contributed by atoms with E-state index in [1.807, 2.05) is 19.1 Å². The average Bonchev–Trinajstić information content (AvgIpc) is 3.03. The number of halogens is 2. The fourth-order valence-electron chi connectivity index (χ4n) is 4.54. The summed E-state index contributed by atoms with van der Waals surface area (Å²) < 4.78 is 28.8. The number of nitrogens with zero attached hydrogens (tertiary/aromatic N) is 1. The van der Waals surface area contributed by atoms with E-state index in [0.717, 1.165) is 10.0 Å². The van der Waals surface area contributed by atoms with Crippen LogP contribution in [-0.2, 0) is 16.1 Å². The monoisotopic (exact) mass is 716 g/mol. The van der Waals surface area contributed by atoms with Crippen LogP contribution in [0.15, 0.2) is 75.4 Å². The summed E-state index contributed by atoms with van der Waals surface area (Å²) in [5.41, 5.74) is 5.37. The molecule has 0 radical (unpaired) electrons. The van der Waals surface area contributed by atoms with Crippen molar-refractivity contribution in [3.8, 4) is 23.0 Å². The molecule has 3 aromatic carbocycles. The van der Waals surface area contributed by atoms with Gasteiger partial charge in [-0.25, -0.2) is 9.59 Å². The molecule has 0 spiro atoms. The van der Waals surface area contributed by atoms with Crippen LogP contribution in [0.3, 0.4) is 0 Å². The van der Waals surface area contributed by atoms with E-state index in [4.69, 9.17) is 35.3 Å². The van der Waals surface area contributed by atoms with Crippen molar-refractivity contribution in [2.24, 2.45) is 5.10 Å². The summed E-state index contributed by atoms with van der Waals surface area (Å²) in [4.78, 5) is 24.7. The molecule has 244 valence electrons. The number of hydrazone groups is 1. The molecular formula is C32H34BrClN4O8. The Bertz CT molecular complexity index is 1620. The summed E-state index contributed by atoms with van der Waals surface area (Å²) in [7, 11) is 2.81. The van der Waals surface area contributed by atoms with Gasteiger partial charge in [0.2, 0.25) is 0 Å². The Morgan fingerprint density at radius 3 is 2.54 bits per heavy atom. The first kappa shape index (κ1) is 34.4. The third-order valence-corrected chi connectivity index (χ3v) is 7.37. The molecule has 46 heavy (non-hydrogen) atoms. The van der Waals surface area contributed by atoms with E-state index in [1.165, 1.54) is 13.3 Å². The van der Waals surface area contributed by atoms with Crippen molar-refractivity contribution in [3.63, 3.8) is 0 Å². The van der Waals surface area contributed by atoms with Gasteiger partial charge in [0.1, 0.15) is 13.2 Å². The summed E-state index contributed by atoms with van der Waals surface area (Å²) >= 11 is 9.46. The fourth-order valence-corrected chi connectivity index (χ4v) is 5.12. The van der Waals surface area contributed by atoms with Crippen molar-refractivity contribution >= 4 is 45.7 Å². The van der Waals surface area contributed by atoms with Crippen LogP contribution in [0.25, 0.3) is 0 Å². The van der Waals surface area contributed by atoms with E-state index in [1.54, 1.807) is 56.5 Å². The number of aliphatic hydroxyl groups is 1. The summed E-state index contributed by atoms with van der Waals surface area (Å²) in [6.45, 7) is 3.83. The highest BCUT2D eigenvalue weighted by Gasteiger charge is 2.32. The zero-order chi connectivity index (χ0) is 33.2. The molecule has 0 bridgehead atoms. The van der Waals surface area contributed by atoms with Gasteiger partial charge in [-0.1, -0.05) is 45.7 Å². The molecule has 2 atom stereocenters. The highest BCUT2D eigenvalue weighted by molar-refractivity contribution is 9.10. The topological polar surface area (TPSA) is 149 Å². The number of carbonyl (C=O) groups is 2. The number of nitrogens with one attached hydrogen (secondary N) is 3. The standard InChI is InChI=1S/C32H34BrClN4O8/c1-5-44-25-13-20(29-28(31(40)43-4)18(2)36-32(41)37-29)8-11-24(25)45-17-27(39)38-35-15-21-12-22(33)14-26(42-3)30(21)46-16-19-6-9-23(34)10-7-19/h6-15,27,29,38-39H,5,16-17H2,1-4H3,(H2,36,37,41)/b35-15+/t27-,29+/m0/s1. The number of benzene rings is 3. The minimum Gasteiger partial charge on any atom is -0.493 e. The third kappa shape index (κ3) is 8.83. The summed E-state index contributed by atoms with van der Waals surface area (Å²) in [5.74, 6) is 1.07. The van der Waals surface area contributed by atoms with Gasteiger partial charge in [-0.05, 0) is 61.4 Å². The quantitative estimate of drug-likeness (QED) is 0.0764. The van der Waals surface area contributed by atoms with E-state index >= 15 is 0 Å².